The number of hydrogen-bond acceptors (Lipinski definition) is 3. The Morgan fingerprint density at radius 3 is 2.84 bits per heavy atom. The Labute approximate surface area is 115 Å². The van der Waals surface area contributed by atoms with E-state index in [1.165, 1.54) is 0 Å². The van der Waals surface area contributed by atoms with Gasteiger partial charge in [-0.2, -0.15) is 5.10 Å². The largest absolute Gasteiger partial charge is 0.335 e. The summed E-state index contributed by atoms with van der Waals surface area (Å²) in [6.07, 6.45) is 5.61. The van der Waals surface area contributed by atoms with Crippen LogP contribution in [0.25, 0.3) is 0 Å². The number of rotatable bonds is 4. The fourth-order valence-electron chi connectivity index (χ4n) is 2.63. The number of carbonyl (C=O) groups is 1. The van der Waals surface area contributed by atoms with Crippen LogP contribution in [0.4, 0.5) is 0 Å². The molecule has 2 rings (SSSR count). The van der Waals surface area contributed by atoms with Crippen LogP contribution in [0.1, 0.15) is 39.7 Å². The molecular weight excluding hydrogens is 240 g/mol. The van der Waals surface area contributed by atoms with Gasteiger partial charge in [0.25, 0.3) is 0 Å². The second-order valence-corrected chi connectivity index (χ2v) is 5.23. The van der Waals surface area contributed by atoms with Crippen LogP contribution < -0.4 is 5.32 Å². The summed E-state index contributed by atoms with van der Waals surface area (Å²) in [6, 6.07) is 2.35. The van der Waals surface area contributed by atoms with E-state index >= 15 is 0 Å². The van der Waals surface area contributed by atoms with Crippen molar-refractivity contribution in [1.82, 2.24) is 20.0 Å². The van der Waals surface area contributed by atoms with Gasteiger partial charge in [-0.25, -0.2) is 0 Å². The van der Waals surface area contributed by atoms with Crippen LogP contribution in [0.15, 0.2) is 18.5 Å². The van der Waals surface area contributed by atoms with E-state index in [9.17, 15) is 4.79 Å². The predicted molar refractivity (Wildman–Crippen MR) is 74.8 cm³/mol. The maximum Gasteiger partial charge on any atom is 0.247 e. The van der Waals surface area contributed by atoms with Crippen molar-refractivity contribution in [1.29, 1.82) is 0 Å². The molecule has 0 spiro atoms. The van der Waals surface area contributed by atoms with E-state index in [-0.39, 0.29) is 11.9 Å². The van der Waals surface area contributed by atoms with Gasteiger partial charge in [-0.1, -0.05) is 13.8 Å². The number of aromatic nitrogens is 2. The Kier molecular flexibility index (Phi) is 4.58. The maximum atomic E-state index is 12.7. The van der Waals surface area contributed by atoms with Gasteiger partial charge in [0.1, 0.15) is 6.04 Å². The van der Waals surface area contributed by atoms with Crippen molar-refractivity contribution < 1.29 is 4.79 Å². The molecule has 3 atom stereocenters. The van der Waals surface area contributed by atoms with Gasteiger partial charge in [-0.05, 0) is 25.8 Å². The molecule has 106 valence electrons. The molecular formula is C14H24N4O. The van der Waals surface area contributed by atoms with Gasteiger partial charge in [0.05, 0.1) is 0 Å². The van der Waals surface area contributed by atoms with Crippen molar-refractivity contribution in [3.8, 4) is 0 Å². The van der Waals surface area contributed by atoms with Crippen molar-refractivity contribution >= 4 is 5.91 Å². The highest BCUT2D eigenvalue weighted by Gasteiger charge is 2.32. The molecule has 1 aliphatic rings. The average molecular weight is 264 g/mol. The number of amides is 1. The molecule has 0 aliphatic carbocycles. The molecule has 0 aromatic carbocycles. The summed E-state index contributed by atoms with van der Waals surface area (Å²) in [5, 5.41) is 7.69. The van der Waals surface area contributed by atoms with E-state index in [0.29, 0.717) is 12.1 Å². The first kappa shape index (κ1) is 14.1. The summed E-state index contributed by atoms with van der Waals surface area (Å²) in [5.41, 5.74) is 0. The summed E-state index contributed by atoms with van der Waals surface area (Å²) in [5.74, 6) is 0.176. The van der Waals surface area contributed by atoms with E-state index in [2.05, 4.69) is 24.3 Å². The molecule has 1 amide bonds. The molecule has 0 radical (unpaired) electrons. The van der Waals surface area contributed by atoms with Gasteiger partial charge >= 0.3 is 0 Å². The average Bonchev–Trinajstić information content (AvgIpc) is 2.99. The van der Waals surface area contributed by atoms with Gasteiger partial charge < -0.3 is 10.2 Å². The normalized spacial score (nSPS) is 25.3. The number of piperazine rings is 1. The molecule has 1 aromatic rings. The van der Waals surface area contributed by atoms with Crippen molar-refractivity contribution in [2.24, 2.45) is 0 Å². The molecule has 1 aromatic heterocycles. The topological polar surface area (TPSA) is 50.2 Å². The zero-order valence-corrected chi connectivity index (χ0v) is 12.0. The SMILES string of the molecule is CCC1CN(C(=O)C(C)n2cccn2)C(CC)CN1. The molecule has 2 heterocycles. The lowest BCUT2D eigenvalue weighted by molar-refractivity contribution is -0.138. The molecule has 5 heteroatoms. The quantitative estimate of drug-likeness (QED) is 0.895. The van der Waals surface area contributed by atoms with Crippen LogP contribution >= 0.6 is 0 Å². The fraction of sp³-hybridized carbons (Fsp3) is 0.714. The predicted octanol–water partition coefficient (Wildman–Crippen LogP) is 1.43. The Bertz CT molecular complexity index is 404. The molecule has 19 heavy (non-hydrogen) atoms. The van der Waals surface area contributed by atoms with Gasteiger partial charge in [-0.3, -0.25) is 9.48 Å². The second kappa shape index (κ2) is 6.19. The Hall–Kier alpha value is -1.36. The van der Waals surface area contributed by atoms with E-state index < -0.39 is 0 Å². The Balaban J connectivity index is 2.10. The van der Waals surface area contributed by atoms with Gasteiger partial charge in [0, 0.05) is 37.6 Å². The Morgan fingerprint density at radius 2 is 2.26 bits per heavy atom. The van der Waals surface area contributed by atoms with Crippen LogP contribution in [-0.2, 0) is 4.79 Å². The highest BCUT2D eigenvalue weighted by molar-refractivity contribution is 5.80. The molecule has 3 unspecified atom stereocenters. The Morgan fingerprint density at radius 1 is 1.47 bits per heavy atom. The summed E-state index contributed by atoms with van der Waals surface area (Å²) >= 11 is 0. The van der Waals surface area contributed by atoms with Gasteiger partial charge in [0.15, 0.2) is 0 Å². The molecule has 0 saturated carbocycles. The monoisotopic (exact) mass is 264 g/mol. The number of hydrogen-bond donors (Lipinski definition) is 1. The lowest BCUT2D eigenvalue weighted by Gasteiger charge is -2.41. The molecule has 1 aliphatic heterocycles. The molecule has 1 fully saturated rings. The maximum absolute atomic E-state index is 12.7. The minimum Gasteiger partial charge on any atom is -0.335 e. The van der Waals surface area contributed by atoms with Gasteiger partial charge in [0.2, 0.25) is 5.91 Å². The first-order chi connectivity index (χ1) is 9.17. The standard InChI is InChI=1S/C14H24N4O/c1-4-12-10-17(13(5-2)9-15-12)14(19)11(3)18-8-6-7-16-18/h6-8,11-13,15H,4-5,9-10H2,1-3H3. The first-order valence-electron chi connectivity index (χ1n) is 7.20. The van der Waals surface area contributed by atoms with Crippen LogP contribution in [-0.4, -0.2) is 45.8 Å². The molecule has 0 bridgehead atoms. The third-order valence-electron chi connectivity index (χ3n) is 4.03. The highest BCUT2D eigenvalue weighted by Crippen LogP contribution is 2.17. The minimum atomic E-state index is -0.223. The smallest absolute Gasteiger partial charge is 0.247 e. The summed E-state index contributed by atoms with van der Waals surface area (Å²) < 4.78 is 1.73. The van der Waals surface area contributed by atoms with E-state index in [1.54, 1.807) is 10.9 Å². The van der Waals surface area contributed by atoms with Crippen LogP contribution in [0.2, 0.25) is 0 Å². The van der Waals surface area contributed by atoms with Crippen LogP contribution in [0, 0.1) is 0 Å². The van der Waals surface area contributed by atoms with Crippen LogP contribution in [0.3, 0.4) is 0 Å². The molecule has 5 nitrogen and oxygen atoms in total. The second-order valence-electron chi connectivity index (χ2n) is 5.23. The van der Waals surface area contributed by atoms with E-state index in [1.807, 2.05) is 24.1 Å². The van der Waals surface area contributed by atoms with Crippen molar-refractivity contribution in [3.63, 3.8) is 0 Å². The lowest BCUT2D eigenvalue weighted by Crippen LogP contribution is -2.58. The van der Waals surface area contributed by atoms with E-state index in [0.717, 1.165) is 25.9 Å². The summed E-state index contributed by atoms with van der Waals surface area (Å²) in [4.78, 5) is 14.7. The lowest BCUT2D eigenvalue weighted by atomic mass is 10.0. The fourth-order valence-corrected chi connectivity index (χ4v) is 2.63. The summed E-state index contributed by atoms with van der Waals surface area (Å²) in [7, 11) is 0. The zero-order chi connectivity index (χ0) is 13.8. The molecule has 1 N–H and O–H groups in total. The first-order valence-corrected chi connectivity index (χ1v) is 7.20. The van der Waals surface area contributed by atoms with Gasteiger partial charge in [-0.15, -0.1) is 0 Å². The molecule has 1 saturated heterocycles. The number of carbonyl (C=O) groups excluding carboxylic acids is 1. The van der Waals surface area contributed by atoms with Crippen molar-refractivity contribution in [3.05, 3.63) is 18.5 Å². The van der Waals surface area contributed by atoms with Crippen molar-refractivity contribution in [2.45, 2.75) is 51.7 Å². The third kappa shape index (κ3) is 2.97. The van der Waals surface area contributed by atoms with Crippen LogP contribution in [0.5, 0.6) is 0 Å². The third-order valence-corrected chi connectivity index (χ3v) is 4.03. The number of nitrogens with zero attached hydrogens (tertiary/aromatic N) is 3. The summed E-state index contributed by atoms with van der Waals surface area (Å²) in [6.45, 7) is 7.91. The zero-order valence-electron chi connectivity index (χ0n) is 12.0. The highest BCUT2D eigenvalue weighted by atomic mass is 16.2. The minimum absolute atomic E-state index is 0.176. The number of nitrogens with one attached hydrogen (secondary N) is 1. The van der Waals surface area contributed by atoms with E-state index in [4.69, 9.17) is 0 Å². The van der Waals surface area contributed by atoms with Crippen molar-refractivity contribution in [2.75, 3.05) is 13.1 Å².